The summed E-state index contributed by atoms with van der Waals surface area (Å²) in [4.78, 5) is 15.0. The van der Waals surface area contributed by atoms with Crippen molar-refractivity contribution in [2.24, 2.45) is 0 Å². The topological polar surface area (TPSA) is 38.8 Å². The molecule has 0 saturated heterocycles. The number of hydrogen-bond acceptors (Lipinski definition) is 4. The van der Waals surface area contributed by atoms with E-state index in [1.807, 2.05) is 30.3 Å². The summed E-state index contributed by atoms with van der Waals surface area (Å²) in [5.41, 5.74) is 2.46. The van der Waals surface area contributed by atoms with E-state index in [4.69, 9.17) is 9.47 Å². The molecule has 2 heterocycles. The fraction of sp³-hybridized carbons (Fsp3) is 0.250. The van der Waals surface area contributed by atoms with E-state index < -0.39 is 0 Å². The number of rotatable bonds is 2. The molecule has 2 aliphatic rings. The van der Waals surface area contributed by atoms with Gasteiger partial charge in [-0.15, -0.1) is 0 Å². The molecule has 2 aromatic rings. The Hall–Kier alpha value is -2.11. The lowest BCUT2D eigenvalue weighted by Gasteiger charge is -2.32. The summed E-state index contributed by atoms with van der Waals surface area (Å²) in [7, 11) is 0. The Bertz CT molecular complexity index is 889. The maximum atomic E-state index is 12.8. The zero-order chi connectivity index (χ0) is 17.6. The molecule has 128 valence electrons. The van der Waals surface area contributed by atoms with E-state index in [0.717, 1.165) is 21.3 Å². The van der Waals surface area contributed by atoms with E-state index in [1.165, 1.54) is 0 Å². The van der Waals surface area contributed by atoms with Crippen molar-refractivity contribution in [3.8, 4) is 11.5 Å². The fourth-order valence-electron chi connectivity index (χ4n) is 3.04. The Morgan fingerprint density at radius 3 is 2.76 bits per heavy atom. The van der Waals surface area contributed by atoms with Gasteiger partial charge in [0.2, 0.25) is 5.78 Å². The minimum atomic E-state index is -0.0878. The summed E-state index contributed by atoms with van der Waals surface area (Å²) in [6, 6.07) is 11.8. The van der Waals surface area contributed by atoms with Crippen molar-refractivity contribution >= 4 is 27.8 Å². The third kappa shape index (κ3) is 2.87. The van der Waals surface area contributed by atoms with Crippen molar-refractivity contribution in [2.75, 3.05) is 6.73 Å². The summed E-state index contributed by atoms with van der Waals surface area (Å²) in [5, 5.41) is 0. The number of ketones is 1. The van der Waals surface area contributed by atoms with E-state index >= 15 is 0 Å². The number of Topliss-reactive ketones (excluding diaryl/α,β-unsaturated/α-hetero) is 1. The second-order valence-electron chi connectivity index (χ2n) is 6.49. The Morgan fingerprint density at radius 1 is 1.20 bits per heavy atom. The minimum Gasteiger partial charge on any atom is -0.478 e. The van der Waals surface area contributed by atoms with Gasteiger partial charge < -0.3 is 9.47 Å². The Kier molecular flexibility index (Phi) is 4.13. The van der Waals surface area contributed by atoms with Crippen LogP contribution in [0.15, 0.2) is 46.6 Å². The number of fused-ring (bicyclic) bond motifs is 3. The molecule has 0 fully saturated rings. The first-order valence-corrected chi connectivity index (χ1v) is 9.05. The molecule has 2 aliphatic heterocycles. The predicted octanol–water partition coefficient (Wildman–Crippen LogP) is 4.63. The quantitative estimate of drug-likeness (QED) is 0.690. The van der Waals surface area contributed by atoms with Crippen molar-refractivity contribution in [3.05, 3.63) is 63.3 Å². The molecule has 4 rings (SSSR count). The van der Waals surface area contributed by atoms with Crippen LogP contribution < -0.4 is 9.47 Å². The molecular formula is C20H18BrNO3. The normalized spacial score (nSPS) is 18.1. The van der Waals surface area contributed by atoms with E-state index in [9.17, 15) is 4.79 Å². The number of benzene rings is 2. The molecule has 0 N–H and O–H groups in total. The van der Waals surface area contributed by atoms with Crippen LogP contribution in [0.4, 0.5) is 0 Å². The van der Waals surface area contributed by atoms with Gasteiger partial charge in [0.1, 0.15) is 18.2 Å². The number of allylic oxidation sites excluding steroid dienone is 1. The number of halogens is 1. The van der Waals surface area contributed by atoms with Crippen LogP contribution in [0.3, 0.4) is 0 Å². The molecule has 5 heteroatoms. The van der Waals surface area contributed by atoms with Crippen LogP contribution in [-0.2, 0) is 6.54 Å². The van der Waals surface area contributed by atoms with Gasteiger partial charge in [-0.1, -0.05) is 34.1 Å². The van der Waals surface area contributed by atoms with Gasteiger partial charge in [0.25, 0.3) is 0 Å². The van der Waals surface area contributed by atoms with Crippen molar-refractivity contribution in [1.29, 1.82) is 0 Å². The summed E-state index contributed by atoms with van der Waals surface area (Å²) >= 11 is 3.50. The Labute approximate surface area is 155 Å². The Balaban J connectivity index is 1.73. The molecule has 4 nitrogen and oxygen atoms in total. The second-order valence-corrected chi connectivity index (χ2v) is 7.35. The molecule has 0 bridgehead atoms. The second kappa shape index (κ2) is 6.32. The Morgan fingerprint density at radius 2 is 2.00 bits per heavy atom. The number of carbonyl (C=O) groups is 1. The number of hydrogen-bond donors (Lipinski definition) is 0. The minimum absolute atomic E-state index is 0.0878. The van der Waals surface area contributed by atoms with Crippen molar-refractivity contribution in [2.45, 2.75) is 26.4 Å². The van der Waals surface area contributed by atoms with Gasteiger partial charge in [0.15, 0.2) is 5.76 Å². The van der Waals surface area contributed by atoms with Crippen LogP contribution >= 0.6 is 15.9 Å². The van der Waals surface area contributed by atoms with Crippen LogP contribution in [0.1, 0.15) is 35.3 Å². The molecule has 0 atom stereocenters. The molecule has 0 unspecified atom stereocenters. The SMILES string of the molecule is CC(C)N1COc2ccc3c(c2C1)O/C(=C\c1ccccc1Br)C3=O. The lowest BCUT2D eigenvalue weighted by atomic mass is 10.0. The van der Waals surface area contributed by atoms with Gasteiger partial charge >= 0.3 is 0 Å². The van der Waals surface area contributed by atoms with E-state index in [2.05, 4.69) is 34.7 Å². The summed E-state index contributed by atoms with van der Waals surface area (Å²) in [6.45, 7) is 5.52. The van der Waals surface area contributed by atoms with Crippen molar-refractivity contribution < 1.29 is 14.3 Å². The highest BCUT2D eigenvalue weighted by molar-refractivity contribution is 9.10. The molecule has 0 amide bonds. The molecule has 0 spiro atoms. The smallest absolute Gasteiger partial charge is 0.231 e. The molecule has 0 saturated carbocycles. The first kappa shape index (κ1) is 16.4. The third-order valence-electron chi connectivity index (χ3n) is 4.57. The highest BCUT2D eigenvalue weighted by Crippen LogP contribution is 2.42. The zero-order valence-corrected chi connectivity index (χ0v) is 15.7. The lowest BCUT2D eigenvalue weighted by Crippen LogP contribution is -2.37. The zero-order valence-electron chi connectivity index (χ0n) is 14.1. The molecule has 2 aromatic carbocycles. The molecule has 0 aliphatic carbocycles. The van der Waals surface area contributed by atoms with Gasteiger partial charge in [0, 0.05) is 17.1 Å². The fourth-order valence-corrected chi connectivity index (χ4v) is 3.44. The van der Waals surface area contributed by atoms with Gasteiger partial charge in [-0.3, -0.25) is 9.69 Å². The maximum absolute atomic E-state index is 12.8. The van der Waals surface area contributed by atoms with E-state index in [-0.39, 0.29) is 5.78 Å². The lowest BCUT2D eigenvalue weighted by molar-refractivity contribution is 0.0674. The van der Waals surface area contributed by atoms with Crippen LogP contribution in [0, 0.1) is 0 Å². The first-order chi connectivity index (χ1) is 12.0. The summed E-state index contributed by atoms with van der Waals surface area (Å²) in [6.07, 6.45) is 1.78. The number of carbonyl (C=O) groups excluding carboxylic acids is 1. The summed E-state index contributed by atoms with van der Waals surface area (Å²) < 4.78 is 12.7. The van der Waals surface area contributed by atoms with Crippen LogP contribution in [0.5, 0.6) is 11.5 Å². The van der Waals surface area contributed by atoms with E-state index in [0.29, 0.717) is 36.4 Å². The summed E-state index contributed by atoms with van der Waals surface area (Å²) in [5.74, 6) is 1.68. The largest absolute Gasteiger partial charge is 0.478 e. The molecule has 25 heavy (non-hydrogen) atoms. The highest BCUT2D eigenvalue weighted by atomic mass is 79.9. The highest BCUT2D eigenvalue weighted by Gasteiger charge is 2.34. The number of ether oxygens (including phenoxy) is 2. The molecule has 0 aromatic heterocycles. The van der Waals surface area contributed by atoms with Gasteiger partial charge in [-0.2, -0.15) is 0 Å². The van der Waals surface area contributed by atoms with Gasteiger partial charge in [0.05, 0.1) is 11.1 Å². The standard InChI is InChI=1S/C20H18BrNO3/c1-12(2)22-10-15-17(24-11-22)8-7-14-19(23)18(25-20(14)15)9-13-5-3-4-6-16(13)21/h3-9,12H,10-11H2,1-2H3/b18-9-. The predicted molar refractivity (Wildman–Crippen MR) is 99.7 cm³/mol. The van der Waals surface area contributed by atoms with Crippen LogP contribution in [-0.4, -0.2) is 23.5 Å². The van der Waals surface area contributed by atoms with Crippen LogP contribution in [0.25, 0.3) is 6.08 Å². The average molecular weight is 400 g/mol. The van der Waals surface area contributed by atoms with Gasteiger partial charge in [-0.05, 0) is 43.7 Å². The first-order valence-electron chi connectivity index (χ1n) is 8.26. The average Bonchev–Trinajstić information content (AvgIpc) is 2.93. The third-order valence-corrected chi connectivity index (χ3v) is 5.29. The van der Waals surface area contributed by atoms with Crippen LogP contribution in [0.2, 0.25) is 0 Å². The monoisotopic (exact) mass is 399 g/mol. The van der Waals surface area contributed by atoms with Crippen molar-refractivity contribution in [1.82, 2.24) is 4.90 Å². The molecular weight excluding hydrogens is 382 g/mol. The maximum Gasteiger partial charge on any atom is 0.231 e. The van der Waals surface area contributed by atoms with Gasteiger partial charge in [-0.25, -0.2) is 0 Å². The number of nitrogens with zero attached hydrogens (tertiary/aromatic N) is 1. The van der Waals surface area contributed by atoms with E-state index in [1.54, 1.807) is 12.1 Å². The molecule has 0 radical (unpaired) electrons. The van der Waals surface area contributed by atoms with Crippen molar-refractivity contribution in [3.63, 3.8) is 0 Å².